The molecule has 1 atom stereocenters. The Morgan fingerprint density at radius 3 is 2.67 bits per heavy atom. The van der Waals surface area contributed by atoms with Gasteiger partial charge in [-0.2, -0.15) is 0 Å². The summed E-state index contributed by atoms with van der Waals surface area (Å²) >= 11 is 0. The maximum Gasteiger partial charge on any atom is 0.133 e. The second-order valence-electron chi connectivity index (χ2n) is 2.96. The largest absolute Gasteiger partial charge is 0.384 e. The maximum absolute atomic E-state index is 10.9. The topological polar surface area (TPSA) is 26.3 Å². The van der Waals surface area contributed by atoms with Crippen LogP contribution in [0.3, 0.4) is 0 Å². The second kappa shape index (κ2) is 7.29. The van der Waals surface area contributed by atoms with Gasteiger partial charge in [0.25, 0.3) is 0 Å². The van der Waals surface area contributed by atoms with Crippen LogP contribution in [-0.4, -0.2) is 19.5 Å². The smallest absolute Gasteiger partial charge is 0.133 e. The van der Waals surface area contributed by atoms with Gasteiger partial charge < -0.3 is 4.74 Å². The quantitative estimate of drug-likeness (QED) is 0.639. The molecule has 0 heterocycles. The van der Waals surface area contributed by atoms with Crippen molar-refractivity contribution in [3.8, 4) is 0 Å². The predicted octanol–water partition coefficient (Wildman–Crippen LogP) is 2.42. The molecule has 0 spiro atoms. The van der Waals surface area contributed by atoms with Crippen molar-refractivity contribution >= 4 is 5.78 Å². The third kappa shape index (κ3) is 4.50. The highest BCUT2D eigenvalue weighted by molar-refractivity contribution is 5.79. The van der Waals surface area contributed by atoms with Crippen LogP contribution in [0.25, 0.3) is 0 Å². The van der Waals surface area contributed by atoms with Gasteiger partial charge >= 0.3 is 0 Å². The summed E-state index contributed by atoms with van der Waals surface area (Å²) in [6, 6.07) is 0. The fourth-order valence-electron chi connectivity index (χ4n) is 1.49. The molecule has 1 aliphatic carbocycles. The molecular formula is C10H20O2. The van der Waals surface area contributed by atoms with E-state index in [-0.39, 0.29) is 0 Å². The molecule has 1 fully saturated rings. The van der Waals surface area contributed by atoms with Gasteiger partial charge in [-0.3, -0.25) is 4.79 Å². The van der Waals surface area contributed by atoms with E-state index in [1.165, 1.54) is 6.42 Å². The highest BCUT2D eigenvalue weighted by Crippen LogP contribution is 2.20. The number of hydrogen-bond acceptors (Lipinski definition) is 2. The average molecular weight is 172 g/mol. The Balaban J connectivity index is 0.000000561. The summed E-state index contributed by atoms with van der Waals surface area (Å²) in [6.07, 6.45) is 3.76. The monoisotopic (exact) mass is 172 g/mol. The van der Waals surface area contributed by atoms with Crippen molar-refractivity contribution in [1.29, 1.82) is 0 Å². The van der Waals surface area contributed by atoms with Crippen LogP contribution in [0.4, 0.5) is 0 Å². The minimum absolute atomic E-state index is 0.410. The van der Waals surface area contributed by atoms with Gasteiger partial charge in [-0.1, -0.05) is 13.8 Å². The molecule has 1 saturated carbocycles. The summed E-state index contributed by atoms with van der Waals surface area (Å²) in [5.74, 6) is 0.916. The Kier molecular flexibility index (Phi) is 7.06. The van der Waals surface area contributed by atoms with Crippen LogP contribution in [-0.2, 0) is 9.53 Å². The number of carbonyl (C=O) groups excluding carboxylic acids is 1. The molecule has 72 valence electrons. The van der Waals surface area contributed by atoms with Crippen LogP contribution in [0.15, 0.2) is 0 Å². The Labute approximate surface area is 75.3 Å². The first kappa shape index (κ1) is 11.6. The van der Waals surface area contributed by atoms with Gasteiger partial charge in [0.05, 0.1) is 0 Å². The van der Waals surface area contributed by atoms with Crippen LogP contribution < -0.4 is 0 Å². The molecular weight excluding hydrogens is 152 g/mol. The highest BCUT2D eigenvalue weighted by Gasteiger charge is 2.18. The molecule has 0 N–H and O–H groups in total. The molecule has 1 unspecified atom stereocenters. The van der Waals surface area contributed by atoms with Crippen molar-refractivity contribution in [3.63, 3.8) is 0 Å². The third-order valence-electron chi connectivity index (χ3n) is 1.99. The summed E-state index contributed by atoms with van der Waals surface area (Å²) in [6.45, 7) is 4.76. The molecule has 0 amide bonds. The Bertz CT molecular complexity index is 119. The summed E-state index contributed by atoms with van der Waals surface area (Å²) in [5, 5.41) is 0. The Morgan fingerprint density at radius 2 is 2.17 bits per heavy atom. The average Bonchev–Trinajstić information content (AvgIpc) is 2.09. The fraction of sp³-hybridized carbons (Fsp3) is 0.900. The molecule has 2 nitrogen and oxygen atoms in total. The Morgan fingerprint density at radius 1 is 1.50 bits per heavy atom. The lowest BCUT2D eigenvalue weighted by Crippen LogP contribution is -2.18. The molecule has 0 aromatic heterocycles. The van der Waals surface area contributed by atoms with Gasteiger partial charge in [0.1, 0.15) is 5.78 Å². The lowest BCUT2D eigenvalue weighted by Gasteiger charge is -2.19. The van der Waals surface area contributed by atoms with Gasteiger partial charge in [-0.15, -0.1) is 0 Å². The van der Waals surface area contributed by atoms with E-state index in [9.17, 15) is 4.79 Å². The molecule has 2 heteroatoms. The third-order valence-corrected chi connectivity index (χ3v) is 1.99. The van der Waals surface area contributed by atoms with E-state index >= 15 is 0 Å². The molecule has 0 aromatic rings. The molecule has 0 aromatic carbocycles. The zero-order valence-electron chi connectivity index (χ0n) is 8.43. The molecule has 0 aliphatic heterocycles. The lowest BCUT2D eigenvalue weighted by molar-refractivity contribution is -0.122. The Hall–Kier alpha value is -0.370. The van der Waals surface area contributed by atoms with Crippen LogP contribution in [0.5, 0.6) is 0 Å². The number of Topliss-reactive ketones (excluding diaryl/α,β-unsaturated/α-hetero) is 1. The highest BCUT2D eigenvalue weighted by atomic mass is 16.5. The van der Waals surface area contributed by atoms with Gasteiger partial charge in [-0.25, -0.2) is 0 Å². The van der Waals surface area contributed by atoms with Gasteiger partial charge in [0.2, 0.25) is 0 Å². The zero-order valence-corrected chi connectivity index (χ0v) is 8.43. The number of hydrogen-bond donors (Lipinski definition) is 0. The normalized spacial score (nSPS) is 22.9. The molecule has 0 bridgehead atoms. The minimum Gasteiger partial charge on any atom is -0.384 e. The van der Waals surface area contributed by atoms with E-state index in [0.29, 0.717) is 11.7 Å². The van der Waals surface area contributed by atoms with Crippen molar-refractivity contribution < 1.29 is 9.53 Å². The van der Waals surface area contributed by atoms with Crippen LogP contribution in [0.1, 0.15) is 39.5 Å². The minimum atomic E-state index is 0.410. The van der Waals surface area contributed by atoms with E-state index in [0.717, 1.165) is 25.9 Å². The van der Waals surface area contributed by atoms with Gasteiger partial charge in [-0.05, 0) is 18.8 Å². The van der Waals surface area contributed by atoms with Crippen LogP contribution in [0.2, 0.25) is 0 Å². The van der Waals surface area contributed by atoms with E-state index in [2.05, 4.69) is 0 Å². The van der Waals surface area contributed by atoms with Crippen molar-refractivity contribution in [2.24, 2.45) is 5.92 Å². The van der Waals surface area contributed by atoms with Crippen molar-refractivity contribution in [2.75, 3.05) is 13.7 Å². The SMILES string of the molecule is CC.COCC1CCCC(=O)C1. The summed E-state index contributed by atoms with van der Waals surface area (Å²) in [4.78, 5) is 10.9. The molecule has 0 saturated heterocycles. The number of methoxy groups -OCH3 is 1. The number of ketones is 1. The number of ether oxygens (including phenoxy) is 1. The first-order valence-corrected chi connectivity index (χ1v) is 4.83. The molecule has 0 radical (unpaired) electrons. The van der Waals surface area contributed by atoms with Crippen molar-refractivity contribution in [2.45, 2.75) is 39.5 Å². The van der Waals surface area contributed by atoms with Crippen molar-refractivity contribution in [1.82, 2.24) is 0 Å². The predicted molar refractivity (Wildman–Crippen MR) is 50.2 cm³/mol. The zero-order chi connectivity index (χ0) is 9.40. The van der Waals surface area contributed by atoms with E-state index < -0.39 is 0 Å². The van der Waals surface area contributed by atoms with E-state index in [1.54, 1.807) is 7.11 Å². The van der Waals surface area contributed by atoms with Gasteiger partial charge in [0.15, 0.2) is 0 Å². The van der Waals surface area contributed by atoms with Crippen LogP contribution in [0, 0.1) is 5.92 Å². The van der Waals surface area contributed by atoms with Gasteiger partial charge in [0, 0.05) is 26.6 Å². The first-order chi connectivity index (χ1) is 5.83. The first-order valence-electron chi connectivity index (χ1n) is 4.83. The van der Waals surface area contributed by atoms with Crippen molar-refractivity contribution in [3.05, 3.63) is 0 Å². The molecule has 12 heavy (non-hydrogen) atoms. The standard InChI is InChI=1S/C8H14O2.C2H6/c1-10-6-7-3-2-4-8(9)5-7;1-2/h7H,2-6H2,1H3;1-2H3. The van der Waals surface area contributed by atoms with E-state index in [1.807, 2.05) is 13.8 Å². The summed E-state index contributed by atoms with van der Waals surface area (Å²) < 4.78 is 4.98. The number of carbonyl (C=O) groups is 1. The summed E-state index contributed by atoms with van der Waals surface area (Å²) in [5.41, 5.74) is 0. The fourth-order valence-corrected chi connectivity index (χ4v) is 1.49. The number of rotatable bonds is 2. The molecule has 1 aliphatic rings. The summed E-state index contributed by atoms with van der Waals surface area (Å²) in [7, 11) is 1.69. The lowest BCUT2D eigenvalue weighted by atomic mass is 9.89. The molecule has 1 rings (SSSR count). The second-order valence-corrected chi connectivity index (χ2v) is 2.96. The van der Waals surface area contributed by atoms with E-state index in [4.69, 9.17) is 4.74 Å². The van der Waals surface area contributed by atoms with Crippen LogP contribution >= 0.6 is 0 Å². The maximum atomic E-state index is 10.9.